The number of primary amides is 2. The van der Waals surface area contributed by atoms with E-state index in [1.165, 1.54) is 6.20 Å². The fourth-order valence-electron chi connectivity index (χ4n) is 3.34. The van der Waals surface area contributed by atoms with Gasteiger partial charge in [-0.1, -0.05) is 19.9 Å². The lowest BCUT2D eigenvalue weighted by atomic mass is 10.0. The van der Waals surface area contributed by atoms with Crippen LogP contribution in [-0.4, -0.2) is 54.1 Å². The molecule has 1 fully saturated rings. The number of anilines is 4. The Morgan fingerprint density at radius 3 is 2.61 bits per heavy atom. The topological polar surface area (TPSA) is 148 Å². The van der Waals surface area contributed by atoms with Crippen molar-refractivity contribution in [1.29, 1.82) is 0 Å². The molecule has 10 nitrogen and oxygen atoms in total. The highest BCUT2D eigenvalue weighted by atomic mass is 16.5. The molecule has 1 atom stereocenters. The zero-order chi connectivity index (χ0) is 22.4. The Balaban J connectivity index is 1.84. The van der Waals surface area contributed by atoms with Gasteiger partial charge in [0, 0.05) is 30.7 Å². The van der Waals surface area contributed by atoms with Crippen molar-refractivity contribution >= 4 is 35.0 Å². The number of benzene rings is 1. The monoisotopic (exact) mass is 427 g/mol. The van der Waals surface area contributed by atoms with Crippen LogP contribution >= 0.6 is 0 Å². The summed E-state index contributed by atoms with van der Waals surface area (Å²) in [5.41, 5.74) is 12.9. The standard InChI is InChI=1S/C21H29N7O3/c1-13(2)10-17(19(23)30)26-21-24-12-16(18(22)29)20(27-21)25-14-4-3-5-15(11-14)28-6-8-31-9-7-28/h3-5,11-13,17H,6-10H2,1-2H3,(H2,22,29)(H2,23,30)(H2,24,25,26,27)/t17-/m1/s1. The highest BCUT2D eigenvalue weighted by Crippen LogP contribution is 2.25. The summed E-state index contributed by atoms with van der Waals surface area (Å²) >= 11 is 0. The van der Waals surface area contributed by atoms with Crippen LogP contribution in [0.15, 0.2) is 30.5 Å². The molecule has 0 saturated carbocycles. The van der Waals surface area contributed by atoms with E-state index in [-0.39, 0.29) is 23.2 Å². The molecule has 6 N–H and O–H groups in total. The predicted molar refractivity (Wildman–Crippen MR) is 119 cm³/mol. The van der Waals surface area contributed by atoms with E-state index in [0.717, 1.165) is 24.5 Å². The molecule has 0 bridgehead atoms. The van der Waals surface area contributed by atoms with E-state index in [0.29, 0.717) is 19.6 Å². The summed E-state index contributed by atoms with van der Waals surface area (Å²) in [5.74, 6) is -0.482. The van der Waals surface area contributed by atoms with Crippen LogP contribution in [-0.2, 0) is 9.53 Å². The normalized spacial score (nSPS) is 14.9. The van der Waals surface area contributed by atoms with E-state index >= 15 is 0 Å². The number of hydrogen-bond donors (Lipinski definition) is 4. The van der Waals surface area contributed by atoms with Crippen LogP contribution in [0.3, 0.4) is 0 Å². The molecule has 1 aromatic carbocycles. The maximum absolute atomic E-state index is 11.9. The molecule has 2 amide bonds. The lowest BCUT2D eigenvalue weighted by Crippen LogP contribution is -2.37. The lowest BCUT2D eigenvalue weighted by molar-refractivity contribution is -0.119. The molecule has 31 heavy (non-hydrogen) atoms. The zero-order valence-corrected chi connectivity index (χ0v) is 17.8. The molecule has 0 aliphatic carbocycles. The number of carbonyl (C=O) groups excluding carboxylic acids is 2. The molecule has 2 aromatic rings. The molecule has 0 radical (unpaired) electrons. The third kappa shape index (κ3) is 6.05. The maximum Gasteiger partial charge on any atom is 0.254 e. The molecule has 0 spiro atoms. The number of morpholine rings is 1. The number of ether oxygens (including phenoxy) is 1. The summed E-state index contributed by atoms with van der Waals surface area (Å²) in [5, 5.41) is 6.11. The Morgan fingerprint density at radius 2 is 1.97 bits per heavy atom. The van der Waals surface area contributed by atoms with E-state index < -0.39 is 17.9 Å². The zero-order valence-electron chi connectivity index (χ0n) is 17.8. The summed E-state index contributed by atoms with van der Waals surface area (Å²) in [6.07, 6.45) is 1.86. The van der Waals surface area contributed by atoms with Crippen molar-refractivity contribution in [1.82, 2.24) is 9.97 Å². The molecule has 0 unspecified atom stereocenters. The highest BCUT2D eigenvalue weighted by Gasteiger charge is 2.20. The predicted octanol–water partition coefficient (Wildman–Crippen LogP) is 1.47. The average molecular weight is 428 g/mol. The number of carbonyl (C=O) groups is 2. The quantitative estimate of drug-likeness (QED) is 0.470. The van der Waals surface area contributed by atoms with Crippen molar-refractivity contribution in [3.63, 3.8) is 0 Å². The van der Waals surface area contributed by atoms with Crippen LogP contribution < -0.4 is 27.0 Å². The van der Waals surface area contributed by atoms with Crippen LogP contribution in [0.1, 0.15) is 30.6 Å². The molecule has 1 aliphatic rings. The van der Waals surface area contributed by atoms with Crippen LogP contribution in [0.2, 0.25) is 0 Å². The second kappa shape index (κ2) is 10.1. The Labute approximate surface area is 181 Å². The second-order valence-corrected chi connectivity index (χ2v) is 7.82. The van der Waals surface area contributed by atoms with E-state index in [1.807, 2.05) is 38.1 Å². The number of nitrogens with two attached hydrogens (primary N) is 2. The van der Waals surface area contributed by atoms with Crippen molar-refractivity contribution in [2.75, 3.05) is 41.8 Å². The van der Waals surface area contributed by atoms with Gasteiger partial charge in [-0.05, 0) is 30.5 Å². The minimum Gasteiger partial charge on any atom is -0.378 e. The van der Waals surface area contributed by atoms with Crippen molar-refractivity contribution in [3.8, 4) is 0 Å². The number of nitrogens with one attached hydrogen (secondary N) is 2. The molecule has 2 heterocycles. The van der Waals surface area contributed by atoms with E-state index in [4.69, 9.17) is 16.2 Å². The van der Waals surface area contributed by atoms with Gasteiger partial charge in [-0.3, -0.25) is 9.59 Å². The van der Waals surface area contributed by atoms with Gasteiger partial charge in [-0.25, -0.2) is 4.98 Å². The SMILES string of the molecule is CC(C)C[C@@H](Nc1ncc(C(N)=O)c(Nc2cccc(N3CCOCC3)c2)n1)C(N)=O. The highest BCUT2D eigenvalue weighted by molar-refractivity contribution is 5.98. The average Bonchev–Trinajstić information content (AvgIpc) is 2.74. The molecule has 166 valence electrons. The third-order valence-corrected chi connectivity index (χ3v) is 4.89. The maximum atomic E-state index is 11.9. The minimum absolute atomic E-state index is 0.141. The molecule has 10 heteroatoms. The molecule has 3 rings (SSSR count). The van der Waals surface area contributed by atoms with Crippen molar-refractivity contribution < 1.29 is 14.3 Å². The van der Waals surface area contributed by atoms with Gasteiger partial charge in [0.1, 0.15) is 17.4 Å². The molecular weight excluding hydrogens is 398 g/mol. The van der Waals surface area contributed by atoms with Gasteiger partial charge in [-0.15, -0.1) is 0 Å². The molecular formula is C21H29N7O3. The first-order valence-electron chi connectivity index (χ1n) is 10.3. The number of hydrogen-bond acceptors (Lipinski definition) is 8. The largest absolute Gasteiger partial charge is 0.378 e. The Bertz CT molecular complexity index is 929. The van der Waals surface area contributed by atoms with Crippen molar-refractivity contribution in [2.24, 2.45) is 17.4 Å². The first-order valence-corrected chi connectivity index (χ1v) is 10.3. The van der Waals surface area contributed by atoms with E-state index in [1.54, 1.807) is 0 Å². The summed E-state index contributed by atoms with van der Waals surface area (Å²) in [7, 11) is 0. The van der Waals surface area contributed by atoms with Gasteiger partial charge in [0.15, 0.2) is 0 Å². The Kier molecular flexibility index (Phi) is 7.24. The van der Waals surface area contributed by atoms with E-state index in [2.05, 4.69) is 25.5 Å². The van der Waals surface area contributed by atoms with Gasteiger partial charge in [-0.2, -0.15) is 4.98 Å². The summed E-state index contributed by atoms with van der Waals surface area (Å²) in [4.78, 5) is 34.4. The van der Waals surface area contributed by atoms with Crippen LogP contribution in [0.4, 0.5) is 23.1 Å². The summed E-state index contributed by atoms with van der Waals surface area (Å²) in [6.45, 7) is 6.96. The van der Waals surface area contributed by atoms with Crippen LogP contribution in [0.25, 0.3) is 0 Å². The molecule has 1 saturated heterocycles. The number of aromatic nitrogens is 2. The molecule has 1 aliphatic heterocycles. The van der Waals surface area contributed by atoms with Gasteiger partial charge >= 0.3 is 0 Å². The number of amides is 2. The fraction of sp³-hybridized carbons (Fsp3) is 0.429. The summed E-state index contributed by atoms with van der Waals surface area (Å²) in [6, 6.07) is 7.15. The minimum atomic E-state index is -0.660. The van der Waals surface area contributed by atoms with Crippen LogP contribution in [0.5, 0.6) is 0 Å². The first kappa shape index (κ1) is 22.3. The van der Waals surface area contributed by atoms with Crippen molar-refractivity contribution in [3.05, 3.63) is 36.0 Å². The number of rotatable bonds is 9. The van der Waals surface area contributed by atoms with Crippen molar-refractivity contribution in [2.45, 2.75) is 26.3 Å². The first-order chi connectivity index (χ1) is 14.8. The Hall–Kier alpha value is -3.40. The van der Waals surface area contributed by atoms with E-state index in [9.17, 15) is 9.59 Å². The smallest absolute Gasteiger partial charge is 0.254 e. The number of nitrogens with zero attached hydrogens (tertiary/aromatic N) is 3. The van der Waals surface area contributed by atoms with Gasteiger partial charge in [0.2, 0.25) is 11.9 Å². The summed E-state index contributed by atoms with van der Waals surface area (Å²) < 4.78 is 5.41. The van der Waals surface area contributed by atoms with Gasteiger partial charge < -0.3 is 31.7 Å². The third-order valence-electron chi connectivity index (χ3n) is 4.89. The van der Waals surface area contributed by atoms with Gasteiger partial charge in [0.25, 0.3) is 5.91 Å². The van der Waals surface area contributed by atoms with Crippen LogP contribution in [0, 0.1) is 5.92 Å². The fourth-order valence-corrected chi connectivity index (χ4v) is 3.34. The lowest BCUT2D eigenvalue weighted by Gasteiger charge is -2.29. The molecule has 1 aromatic heterocycles. The van der Waals surface area contributed by atoms with Gasteiger partial charge in [0.05, 0.1) is 13.2 Å². The second-order valence-electron chi connectivity index (χ2n) is 7.82. The Morgan fingerprint density at radius 1 is 1.23 bits per heavy atom.